The van der Waals surface area contributed by atoms with Crippen LogP contribution in [-0.2, 0) is 4.79 Å². The fraction of sp³-hybridized carbons (Fsp3) is 0.385. The zero-order valence-corrected chi connectivity index (χ0v) is 9.50. The van der Waals surface area contributed by atoms with Gasteiger partial charge in [0.25, 0.3) is 0 Å². The lowest BCUT2D eigenvalue weighted by Crippen LogP contribution is -2.29. The summed E-state index contributed by atoms with van der Waals surface area (Å²) in [4.78, 5) is 24.6. The highest BCUT2D eigenvalue weighted by molar-refractivity contribution is 5.97. The molecule has 0 aromatic heterocycles. The van der Waals surface area contributed by atoms with Crippen LogP contribution in [0.4, 0.5) is 0 Å². The van der Waals surface area contributed by atoms with Gasteiger partial charge in [-0.25, -0.2) is 0 Å². The van der Waals surface area contributed by atoms with Crippen LogP contribution in [-0.4, -0.2) is 41.4 Å². The molecule has 1 aliphatic heterocycles. The van der Waals surface area contributed by atoms with Gasteiger partial charge in [-0.2, -0.15) is 0 Å². The Morgan fingerprint density at radius 3 is 2.59 bits per heavy atom. The summed E-state index contributed by atoms with van der Waals surface area (Å²) in [6, 6.07) is 9.10. The first-order valence-electron chi connectivity index (χ1n) is 5.70. The number of nitrogens with zero attached hydrogens (tertiary/aromatic N) is 1. The molecule has 1 fully saturated rings. The van der Waals surface area contributed by atoms with Crippen molar-refractivity contribution in [3.63, 3.8) is 0 Å². The molecule has 0 aliphatic carbocycles. The highest BCUT2D eigenvalue weighted by Crippen LogP contribution is 2.16. The first-order chi connectivity index (χ1) is 8.16. The Morgan fingerprint density at radius 2 is 2.00 bits per heavy atom. The topological polar surface area (TPSA) is 57.6 Å². The molecule has 1 atom stereocenters. The van der Waals surface area contributed by atoms with Crippen LogP contribution in [0, 0.1) is 5.92 Å². The second-order valence-electron chi connectivity index (χ2n) is 4.35. The van der Waals surface area contributed by atoms with Crippen molar-refractivity contribution < 1.29 is 14.7 Å². The fourth-order valence-corrected chi connectivity index (χ4v) is 2.10. The monoisotopic (exact) mass is 233 g/mol. The molecule has 0 spiro atoms. The third-order valence-electron chi connectivity index (χ3n) is 3.08. The Kier molecular flexibility index (Phi) is 3.54. The van der Waals surface area contributed by atoms with E-state index in [1.165, 1.54) is 0 Å². The molecular formula is C13H15NO3. The van der Waals surface area contributed by atoms with E-state index in [0.29, 0.717) is 31.6 Å². The van der Waals surface area contributed by atoms with Crippen molar-refractivity contribution in [1.29, 1.82) is 0 Å². The van der Waals surface area contributed by atoms with Gasteiger partial charge < -0.3 is 5.11 Å². The number of likely N-dealkylation sites (tertiary alicyclic amines) is 1. The van der Waals surface area contributed by atoms with E-state index in [1.54, 1.807) is 12.1 Å². The maximum absolute atomic E-state index is 11.9. The van der Waals surface area contributed by atoms with E-state index in [9.17, 15) is 9.59 Å². The molecule has 1 aromatic carbocycles. The van der Waals surface area contributed by atoms with Crippen LogP contribution in [0.25, 0.3) is 0 Å². The van der Waals surface area contributed by atoms with Crippen molar-refractivity contribution in [2.75, 3.05) is 19.6 Å². The Labute approximate surface area is 99.9 Å². The van der Waals surface area contributed by atoms with Gasteiger partial charge in [-0.1, -0.05) is 30.3 Å². The van der Waals surface area contributed by atoms with Crippen LogP contribution in [0.5, 0.6) is 0 Å². The van der Waals surface area contributed by atoms with Gasteiger partial charge >= 0.3 is 5.97 Å². The molecule has 1 saturated heterocycles. The highest BCUT2D eigenvalue weighted by Gasteiger charge is 2.28. The molecule has 0 amide bonds. The molecule has 1 heterocycles. The summed E-state index contributed by atoms with van der Waals surface area (Å²) in [5.74, 6) is -1.03. The SMILES string of the molecule is O=C(CN1CCC(C(=O)O)C1)c1ccccc1. The van der Waals surface area contributed by atoms with Crippen LogP contribution in [0.3, 0.4) is 0 Å². The van der Waals surface area contributed by atoms with E-state index >= 15 is 0 Å². The number of rotatable bonds is 4. The summed E-state index contributed by atoms with van der Waals surface area (Å²) < 4.78 is 0. The van der Waals surface area contributed by atoms with E-state index < -0.39 is 5.97 Å². The summed E-state index contributed by atoms with van der Waals surface area (Å²) in [5.41, 5.74) is 0.686. The zero-order valence-electron chi connectivity index (χ0n) is 9.50. The van der Waals surface area contributed by atoms with E-state index in [0.717, 1.165) is 0 Å². The summed E-state index contributed by atoms with van der Waals surface area (Å²) in [6.45, 7) is 1.48. The minimum atomic E-state index is -0.764. The molecule has 90 valence electrons. The number of aliphatic carboxylic acids is 1. The summed E-state index contributed by atoms with van der Waals surface area (Å²) in [5, 5.41) is 8.87. The molecule has 2 rings (SSSR count). The van der Waals surface area contributed by atoms with Crippen LogP contribution >= 0.6 is 0 Å². The average Bonchev–Trinajstić information content (AvgIpc) is 2.79. The normalized spacial score (nSPS) is 20.4. The molecule has 4 heteroatoms. The number of ketones is 1. The first kappa shape index (κ1) is 11.8. The highest BCUT2D eigenvalue weighted by atomic mass is 16.4. The molecule has 1 unspecified atom stereocenters. The van der Waals surface area contributed by atoms with Gasteiger partial charge in [-0.15, -0.1) is 0 Å². The number of Topliss-reactive ketones (excluding diaryl/α,β-unsaturated/α-hetero) is 1. The quantitative estimate of drug-likeness (QED) is 0.796. The maximum Gasteiger partial charge on any atom is 0.307 e. The van der Waals surface area contributed by atoms with Gasteiger partial charge in [-0.3, -0.25) is 14.5 Å². The van der Waals surface area contributed by atoms with Gasteiger partial charge in [0, 0.05) is 12.1 Å². The van der Waals surface area contributed by atoms with E-state index in [2.05, 4.69) is 0 Å². The van der Waals surface area contributed by atoms with Gasteiger partial charge in [0.05, 0.1) is 12.5 Å². The third-order valence-corrected chi connectivity index (χ3v) is 3.08. The predicted molar refractivity (Wildman–Crippen MR) is 63.0 cm³/mol. The lowest BCUT2D eigenvalue weighted by molar-refractivity contribution is -0.141. The average molecular weight is 233 g/mol. The Hall–Kier alpha value is -1.68. The van der Waals surface area contributed by atoms with Crippen molar-refractivity contribution in [2.45, 2.75) is 6.42 Å². The van der Waals surface area contributed by atoms with Crippen LogP contribution < -0.4 is 0 Å². The molecule has 1 aromatic rings. The molecule has 1 N–H and O–H groups in total. The molecule has 0 radical (unpaired) electrons. The van der Waals surface area contributed by atoms with Crippen LogP contribution in [0.2, 0.25) is 0 Å². The van der Waals surface area contributed by atoms with Gasteiger partial charge in [-0.05, 0) is 13.0 Å². The molecule has 4 nitrogen and oxygen atoms in total. The predicted octanol–water partition coefficient (Wildman–Crippen LogP) is 1.28. The molecule has 0 bridgehead atoms. The molecule has 0 saturated carbocycles. The molecular weight excluding hydrogens is 218 g/mol. The Bertz CT molecular complexity index is 416. The number of carboxylic acid groups (broad SMARTS) is 1. The number of carbonyl (C=O) groups excluding carboxylic acids is 1. The summed E-state index contributed by atoms with van der Waals surface area (Å²) >= 11 is 0. The van der Waals surface area contributed by atoms with E-state index in [-0.39, 0.29) is 11.7 Å². The smallest absolute Gasteiger partial charge is 0.307 e. The zero-order chi connectivity index (χ0) is 12.3. The summed E-state index contributed by atoms with van der Waals surface area (Å²) in [7, 11) is 0. The van der Waals surface area contributed by atoms with Crippen molar-refractivity contribution in [1.82, 2.24) is 4.90 Å². The van der Waals surface area contributed by atoms with Gasteiger partial charge in [0.2, 0.25) is 0 Å². The molecule has 1 aliphatic rings. The molecule has 17 heavy (non-hydrogen) atoms. The second-order valence-corrected chi connectivity index (χ2v) is 4.35. The van der Waals surface area contributed by atoms with Crippen molar-refractivity contribution >= 4 is 11.8 Å². The number of hydrogen-bond acceptors (Lipinski definition) is 3. The minimum Gasteiger partial charge on any atom is -0.481 e. The van der Waals surface area contributed by atoms with E-state index in [4.69, 9.17) is 5.11 Å². The fourth-order valence-electron chi connectivity index (χ4n) is 2.10. The number of benzene rings is 1. The number of carbonyl (C=O) groups is 2. The first-order valence-corrected chi connectivity index (χ1v) is 5.70. The second kappa shape index (κ2) is 5.10. The van der Waals surface area contributed by atoms with Crippen molar-refractivity contribution in [2.24, 2.45) is 5.92 Å². The Balaban J connectivity index is 1.91. The Morgan fingerprint density at radius 1 is 1.29 bits per heavy atom. The van der Waals surface area contributed by atoms with Crippen molar-refractivity contribution in [3.8, 4) is 0 Å². The van der Waals surface area contributed by atoms with Crippen molar-refractivity contribution in [3.05, 3.63) is 35.9 Å². The summed E-state index contributed by atoms with van der Waals surface area (Å²) in [6.07, 6.45) is 0.636. The number of hydrogen-bond donors (Lipinski definition) is 1. The largest absolute Gasteiger partial charge is 0.481 e. The standard InChI is InChI=1S/C13H15NO3/c15-12(10-4-2-1-3-5-10)9-14-7-6-11(8-14)13(16)17/h1-5,11H,6-9H2,(H,16,17). The van der Waals surface area contributed by atoms with E-state index in [1.807, 2.05) is 23.1 Å². The van der Waals surface area contributed by atoms with Crippen LogP contribution in [0.1, 0.15) is 16.8 Å². The minimum absolute atomic E-state index is 0.0524. The van der Waals surface area contributed by atoms with Gasteiger partial charge in [0.15, 0.2) is 5.78 Å². The number of carboxylic acids is 1. The third kappa shape index (κ3) is 2.91. The van der Waals surface area contributed by atoms with Crippen LogP contribution in [0.15, 0.2) is 30.3 Å². The lowest BCUT2D eigenvalue weighted by Gasteiger charge is -2.13. The lowest BCUT2D eigenvalue weighted by atomic mass is 10.1. The maximum atomic E-state index is 11.9. The van der Waals surface area contributed by atoms with Gasteiger partial charge in [0.1, 0.15) is 0 Å².